The molecule has 0 saturated carbocycles. The third-order valence-electron chi connectivity index (χ3n) is 8.27. The number of hydrogen-bond acceptors (Lipinski definition) is 2. The number of anilines is 2. The summed E-state index contributed by atoms with van der Waals surface area (Å²) in [5.74, 6) is 0. The summed E-state index contributed by atoms with van der Waals surface area (Å²) in [4.78, 5) is 4.58. The molecule has 1 spiro atoms. The average Bonchev–Trinajstić information content (AvgIpc) is 3.41. The van der Waals surface area contributed by atoms with Gasteiger partial charge < -0.3 is 9.80 Å². The molecular weight excluding hydrogens is 448 g/mol. The van der Waals surface area contributed by atoms with Crippen molar-refractivity contribution in [1.82, 2.24) is 0 Å². The highest BCUT2D eigenvalue weighted by molar-refractivity contribution is 5.97. The van der Waals surface area contributed by atoms with E-state index in [1.807, 2.05) is 0 Å². The normalized spacial score (nSPS) is 13.6. The van der Waals surface area contributed by atoms with Crippen LogP contribution in [0.5, 0.6) is 0 Å². The van der Waals surface area contributed by atoms with Gasteiger partial charge in [0.2, 0.25) is 0 Å². The lowest BCUT2D eigenvalue weighted by molar-refractivity contribution is 0.781. The van der Waals surface area contributed by atoms with E-state index in [0.29, 0.717) is 0 Å². The summed E-state index contributed by atoms with van der Waals surface area (Å²) >= 11 is 0. The largest absolute Gasteiger partial charge is 0.378 e. The van der Waals surface area contributed by atoms with Gasteiger partial charge in [-0.1, -0.05) is 97.1 Å². The van der Waals surface area contributed by atoms with Crippen LogP contribution >= 0.6 is 0 Å². The van der Waals surface area contributed by atoms with E-state index in [1.54, 1.807) is 0 Å². The van der Waals surface area contributed by atoms with Crippen molar-refractivity contribution < 1.29 is 0 Å². The Morgan fingerprint density at radius 1 is 0.514 bits per heavy atom. The lowest BCUT2D eigenvalue weighted by atomic mass is 9.70. The molecule has 5 aromatic rings. The zero-order valence-corrected chi connectivity index (χ0v) is 21.6. The van der Waals surface area contributed by atoms with Crippen LogP contribution in [0, 0.1) is 0 Å². The molecule has 0 saturated heterocycles. The molecule has 2 nitrogen and oxygen atoms in total. The van der Waals surface area contributed by atoms with Crippen molar-refractivity contribution in [2.24, 2.45) is 0 Å². The molecule has 7 rings (SSSR count). The van der Waals surface area contributed by atoms with Gasteiger partial charge in [0.05, 0.1) is 5.41 Å². The topological polar surface area (TPSA) is 6.48 Å². The third kappa shape index (κ3) is 2.99. The lowest BCUT2D eigenvalue weighted by Crippen LogP contribution is -2.29. The Bertz CT molecular complexity index is 1580. The Kier molecular flexibility index (Phi) is 4.81. The first kappa shape index (κ1) is 21.9. The van der Waals surface area contributed by atoms with Gasteiger partial charge in [-0.2, -0.15) is 0 Å². The van der Waals surface area contributed by atoms with Crippen molar-refractivity contribution in [1.29, 1.82) is 0 Å². The van der Waals surface area contributed by atoms with E-state index in [2.05, 4.69) is 146 Å². The maximum atomic E-state index is 2.43. The summed E-state index contributed by atoms with van der Waals surface area (Å²) in [6.07, 6.45) is 0. The van der Waals surface area contributed by atoms with Gasteiger partial charge in [0, 0.05) is 44.6 Å². The second-order valence-corrected chi connectivity index (χ2v) is 10.5. The Hall–Kier alpha value is -4.30. The van der Waals surface area contributed by atoms with Gasteiger partial charge in [0.15, 0.2) is 0 Å². The van der Waals surface area contributed by atoms with Crippen molar-refractivity contribution in [3.05, 3.63) is 143 Å². The van der Waals surface area contributed by atoms with Crippen LogP contribution in [0.15, 0.2) is 115 Å². The highest BCUT2D eigenvalue weighted by Crippen LogP contribution is 2.64. The van der Waals surface area contributed by atoms with E-state index in [-0.39, 0.29) is 5.41 Å². The maximum absolute atomic E-state index is 2.43. The van der Waals surface area contributed by atoms with Gasteiger partial charge in [-0.3, -0.25) is 0 Å². The van der Waals surface area contributed by atoms with E-state index in [0.717, 1.165) is 6.54 Å². The van der Waals surface area contributed by atoms with Gasteiger partial charge in [0.25, 0.3) is 0 Å². The van der Waals surface area contributed by atoms with Crippen LogP contribution in [0.1, 0.15) is 27.8 Å². The van der Waals surface area contributed by atoms with Gasteiger partial charge in [0.1, 0.15) is 0 Å². The van der Waals surface area contributed by atoms with Gasteiger partial charge in [-0.05, 0) is 62.7 Å². The molecule has 180 valence electrons. The van der Waals surface area contributed by atoms with Crippen LogP contribution in [0.3, 0.4) is 0 Å². The predicted molar refractivity (Wildman–Crippen MR) is 156 cm³/mol. The van der Waals surface area contributed by atoms with Gasteiger partial charge in [-0.25, -0.2) is 0 Å². The van der Waals surface area contributed by atoms with Crippen molar-refractivity contribution >= 4 is 11.4 Å². The van der Waals surface area contributed by atoms with Crippen LogP contribution in [0.4, 0.5) is 11.4 Å². The minimum absolute atomic E-state index is 0.321. The molecule has 2 heteroatoms. The summed E-state index contributed by atoms with van der Waals surface area (Å²) in [5, 5.41) is 0. The van der Waals surface area contributed by atoms with Gasteiger partial charge >= 0.3 is 0 Å². The fourth-order valence-corrected chi connectivity index (χ4v) is 6.71. The average molecular weight is 479 g/mol. The molecule has 0 aromatic heterocycles. The fraction of sp³-hybridized carbons (Fsp3) is 0.143. The summed E-state index contributed by atoms with van der Waals surface area (Å²) in [6, 6.07) is 42.8. The Balaban J connectivity index is 1.47. The van der Waals surface area contributed by atoms with Crippen molar-refractivity contribution in [3.8, 4) is 22.3 Å². The zero-order chi connectivity index (χ0) is 25.1. The number of benzene rings is 5. The molecule has 2 aliphatic rings. The van der Waals surface area contributed by atoms with Crippen LogP contribution in [0.2, 0.25) is 0 Å². The van der Waals surface area contributed by atoms with Gasteiger partial charge in [-0.15, -0.1) is 0 Å². The molecule has 0 amide bonds. The van der Waals surface area contributed by atoms with E-state index < -0.39 is 0 Å². The molecule has 0 unspecified atom stereocenters. The minimum atomic E-state index is -0.321. The quantitative estimate of drug-likeness (QED) is 0.255. The van der Waals surface area contributed by atoms with Crippen LogP contribution in [-0.2, 0) is 12.0 Å². The SMILES string of the molecule is CN(C)c1ccc(CN(C)c2cccc3c2C2(c4ccccc4-c4ccccc42)c2ccccc2-3)cc1. The van der Waals surface area contributed by atoms with Crippen LogP contribution in [0.25, 0.3) is 22.3 Å². The number of hydrogen-bond donors (Lipinski definition) is 0. The van der Waals surface area contributed by atoms with E-state index in [9.17, 15) is 0 Å². The van der Waals surface area contributed by atoms with Crippen molar-refractivity contribution in [2.45, 2.75) is 12.0 Å². The molecule has 0 atom stereocenters. The molecule has 2 aliphatic carbocycles. The van der Waals surface area contributed by atoms with E-state index in [1.165, 1.54) is 61.4 Å². The van der Waals surface area contributed by atoms with Crippen LogP contribution < -0.4 is 9.80 Å². The minimum Gasteiger partial charge on any atom is -0.378 e. The third-order valence-corrected chi connectivity index (χ3v) is 8.27. The maximum Gasteiger partial charge on any atom is 0.0745 e. The fourth-order valence-electron chi connectivity index (χ4n) is 6.71. The smallest absolute Gasteiger partial charge is 0.0745 e. The Labute approximate surface area is 219 Å². The molecule has 0 N–H and O–H groups in total. The first-order valence-corrected chi connectivity index (χ1v) is 13.0. The summed E-state index contributed by atoms with van der Waals surface area (Å²) in [5.41, 5.74) is 14.4. The Morgan fingerprint density at radius 2 is 1.00 bits per heavy atom. The second kappa shape index (κ2) is 8.11. The van der Waals surface area contributed by atoms with Crippen molar-refractivity contribution in [3.63, 3.8) is 0 Å². The second-order valence-electron chi connectivity index (χ2n) is 10.5. The first-order valence-electron chi connectivity index (χ1n) is 13.0. The van der Waals surface area contributed by atoms with Crippen LogP contribution in [-0.4, -0.2) is 21.1 Å². The highest BCUT2D eigenvalue weighted by Gasteiger charge is 2.52. The highest BCUT2D eigenvalue weighted by atomic mass is 15.1. The zero-order valence-electron chi connectivity index (χ0n) is 21.6. The molecule has 0 bridgehead atoms. The summed E-state index contributed by atoms with van der Waals surface area (Å²) < 4.78 is 0. The molecule has 0 fully saturated rings. The monoisotopic (exact) mass is 478 g/mol. The molecule has 5 aromatic carbocycles. The summed E-state index contributed by atoms with van der Waals surface area (Å²) in [6.45, 7) is 0.847. The van der Waals surface area contributed by atoms with E-state index >= 15 is 0 Å². The van der Waals surface area contributed by atoms with E-state index in [4.69, 9.17) is 0 Å². The molecular formula is C35H30N2. The number of fused-ring (bicyclic) bond motifs is 10. The molecule has 37 heavy (non-hydrogen) atoms. The predicted octanol–water partition coefficient (Wildman–Crippen LogP) is 7.73. The number of nitrogens with zero attached hydrogens (tertiary/aromatic N) is 2. The standard InChI is InChI=1S/C35H30N2/c1-36(2)25-21-19-24(20-22-25)23-37(3)33-18-10-14-29-28-13-6-9-17-32(28)35(34(29)33)30-15-7-4-11-26(30)27-12-5-8-16-31(27)35/h4-22H,23H2,1-3H3. The first-order chi connectivity index (χ1) is 18.1. The van der Waals surface area contributed by atoms with Crippen molar-refractivity contribution in [2.75, 3.05) is 30.9 Å². The lowest BCUT2D eigenvalue weighted by Gasteiger charge is -2.34. The molecule has 0 aliphatic heterocycles. The summed E-state index contributed by atoms with van der Waals surface area (Å²) in [7, 11) is 6.41. The number of rotatable bonds is 4. The molecule has 0 radical (unpaired) electrons. The Morgan fingerprint density at radius 3 is 1.54 bits per heavy atom. The molecule has 0 heterocycles.